The van der Waals surface area contributed by atoms with Crippen molar-refractivity contribution < 1.29 is 0 Å². The van der Waals surface area contributed by atoms with Gasteiger partial charge >= 0.3 is 0 Å². The van der Waals surface area contributed by atoms with Crippen molar-refractivity contribution in [3.8, 4) is 11.3 Å². The summed E-state index contributed by atoms with van der Waals surface area (Å²) in [6.07, 6.45) is 0.830. The van der Waals surface area contributed by atoms with E-state index in [9.17, 15) is 0 Å². The minimum absolute atomic E-state index is 0.830. The summed E-state index contributed by atoms with van der Waals surface area (Å²) in [5.41, 5.74) is 7.39. The molecule has 0 N–H and O–H groups in total. The van der Waals surface area contributed by atoms with E-state index in [-0.39, 0.29) is 0 Å². The molecule has 0 unspecified atom stereocenters. The molecule has 0 fully saturated rings. The van der Waals surface area contributed by atoms with Crippen LogP contribution in [0.4, 0.5) is 5.69 Å². The number of fused-ring (bicyclic) bond motifs is 1. The van der Waals surface area contributed by atoms with Crippen LogP contribution in [-0.4, -0.2) is 15.9 Å². The molecule has 1 aliphatic rings. The van der Waals surface area contributed by atoms with Crippen LogP contribution in [0, 0.1) is 6.92 Å². The number of aliphatic imine (C=N–C) groups is 1. The summed E-state index contributed by atoms with van der Waals surface area (Å²) in [5, 5.41) is 8.70. The van der Waals surface area contributed by atoms with E-state index in [2.05, 4.69) is 40.3 Å². The van der Waals surface area contributed by atoms with Gasteiger partial charge in [0.1, 0.15) is 5.69 Å². The van der Waals surface area contributed by atoms with Crippen LogP contribution >= 0.6 is 0 Å². The Kier molecular flexibility index (Phi) is 3.04. The Hall–Kier alpha value is -2.81. The van der Waals surface area contributed by atoms with Crippen molar-refractivity contribution in [3.63, 3.8) is 0 Å². The van der Waals surface area contributed by atoms with Crippen LogP contribution in [0.3, 0.4) is 0 Å². The zero-order valence-corrected chi connectivity index (χ0v) is 12.3. The topological polar surface area (TPSA) is 38.1 Å². The van der Waals surface area contributed by atoms with E-state index in [1.54, 1.807) is 0 Å². The molecule has 1 aliphatic heterocycles. The van der Waals surface area contributed by atoms with Crippen molar-refractivity contribution in [1.82, 2.24) is 10.2 Å². The molecule has 0 spiro atoms. The second-order valence-electron chi connectivity index (χ2n) is 5.54. The lowest BCUT2D eigenvalue weighted by atomic mass is 10.1. The van der Waals surface area contributed by atoms with Gasteiger partial charge in [0.05, 0.1) is 17.1 Å². The van der Waals surface area contributed by atoms with Gasteiger partial charge in [-0.25, -0.2) is 0 Å². The lowest BCUT2D eigenvalue weighted by Crippen LogP contribution is -2.05. The molecule has 0 atom stereocenters. The quantitative estimate of drug-likeness (QED) is 0.710. The van der Waals surface area contributed by atoms with E-state index < -0.39 is 0 Å². The number of aryl methyl sites for hydroxylation is 1. The summed E-state index contributed by atoms with van der Waals surface area (Å²) in [6.45, 7) is 2.10. The highest BCUT2D eigenvalue weighted by molar-refractivity contribution is 6.05. The predicted molar refractivity (Wildman–Crippen MR) is 88.5 cm³/mol. The van der Waals surface area contributed by atoms with Gasteiger partial charge in [-0.05, 0) is 30.7 Å². The molecular weight excluding hydrogens is 270 g/mol. The molecule has 1 aromatic heterocycles. The molecule has 0 saturated heterocycles. The Morgan fingerprint density at radius 1 is 0.818 bits per heavy atom. The third-order valence-corrected chi connectivity index (χ3v) is 3.88. The molecular formula is C19H15N3. The molecule has 22 heavy (non-hydrogen) atoms. The van der Waals surface area contributed by atoms with Gasteiger partial charge in [-0.1, -0.05) is 48.0 Å². The van der Waals surface area contributed by atoms with Crippen molar-refractivity contribution in [3.05, 3.63) is 77.5 Å². The fourth-order valence-corrected chi connectivity index (χ4v) is 2.73. The molecule has 3 heteroatoms. The molecule has 3 nitrogen and oxygen atoms in total. The number of hydrogen-bond acceptors (Lipinski definition) is 3. The molecule has 3 aromatic rings. The minimum Gasteiger partial charge on any atom is -0.250 e. The SMILES string of the molecule is Cc1ccc2c(c1)CC(c1ccc(-c3ccccc3)nn1)=N2. The van der Waals surface area contributed by atoms with Crippen molar-refractivity contribution in [2.75, 3.05) is 0 Å². The second kappa shape index (κ2) is 5.19. The minimum atomic E-state index is 0.830. The average molecular weight is 285 g/mol. The maximum Gasteiger partial charge on any atom is 0.108 e. The summed E-state index contributed by atoms with van der Waals surface area (Å²) < 4.78 is 0. The highest BCUT2D eigenvalue weighted by Crippen LogP contribution is 2.29. The number of nitrogens with zero attached hydrogens (tertiary/aromatic N) is 3. The lowest BCUT2D eigenvalue weighted by Gasteiger charge is -2.02. The summed E-state index contributed by atoms with van der Waals surface area (Å²) >= 11 is 0. The van der Waals surface area contributed by atoms with Crippen LogP contribution in [-0.2, 0) is 6.42 Å². The monoisotopic (exact) mass is 285 g/mol. The first-order chi connectivity index (χ1) is 10.8. The third-order valence-electron chi connectivity index (χ3n) is 3.88. The van der Waals surface area contributed by atoms with Crippen molar-refractivity contribution in [2.24, 2.45) is 4.99 Å². The van der Waals surface area contributed by atoms with E-state index >= 15 is 0 Å². The third kappa shape index (κ3) is 2.31. The molecule has 0 radical (unpaired) electrons. The van der Waals surface area contributed by atoms with Crippen LogP contribution in [0.15, 0.2) is 65.7 Å². The maximum absolute atomic E-state index is 4.68. The summed E-state index contributed by atoms with van der Waals surface area (Å²) in [7, 11) is 0. The highest BCUT2D eigenvalue weighted by atomic mass is 15.1. The van der Waals surface area contributed by atoms with Gasteiger partial charge in [0.2, 0.25) is 0 Å². The smallest absolute Gasteiger partial charge is 0.108 e. The second-order valence-corrected chi connectivity index (χ2v) is 5.54. The fourth-order valence-electron chi connectivity index (χ4n) is 2.73. The number of benzene rings is 2. The molecule has 2 heterocycles. The van der Waals surface area contributed by atoms with Gasteiger partial charge in [0.25, 0.3) is 0 Å². The summed E-state index contributed by atoms with van der Waals surface area (Å²) in [6, 6.07) is 20.5. The largest absolute Gasteiger partial charge is 0.250 e. The average Bonchev–Trinajstić information content (AvgIpc) is 2.99. The summed E-state index contributed by atoms with van der Waals surface area (Å²) in [5.74, 6) is 0. The van der Waals surface area contributed by atoms with Crippen molar-refractivity contribution >= 4 is 11.4 Å². The standard InChI is InChI=1S/C19H15N3/c1-13-7-8-16-15(11-13)12-19(20-16)18-10-9-17(21-22-18)14-5-3-2-4-6-14/h2-11H,12H2,1H3. The maximum atomic E-state index is 4.68. The lowest BCUT2D eigenvalue weighted by molar-refractivity contribution is 1.02. The summed E-state index contributed by atoms with van der Waals surface area (Å²) in [4.78, 5) is 4.68. The van der Waals surface area contributed by atoms with E-state index in [0.717, 1.165) is 34.8 Å². The zero-order chi connectivity index (χ0) is 14.9. The zero-order valence-electron chi connectivity index (χ0n) is 12.3. The molecule has 106 valence electrons. The first-order valence-corrected chi connectivity index (χ1v) is 7.36. The van der Waals surface area contributed by atoms with E-state index in [1.807, 2.05) is 42.5 Å². The van der Waals surface area contributed by atoms with E-state index in [1.165, 1.54) is 11.1 Å². The van der Waals surface area contributed by atoms with Crippen LogP contribution in [0.25, 0.3) is 11.3 Å². The van der Waals surface area contributed by atoms with E-state index in [4.69, 9.17) is 0 Å². The normalized spacial score (nSPS) is 12.9. The van der Waals surface area contributed by atoms with Gasteiger partial charge < -0.3 is 0 Å². The Morgan fingerprint density at radius 3 is 2.36 bits per heavy atom. The van der Waals surface area contributed by atoms with Gasteiger partial charge in [0.15, 0.2) is 0 Å². The van der Waals surface area contributed by atoms with Gasteiger partial charge in [-0.2, -0.15) is 0 Å². The molecule has 4 rings (SSSR count). The van der Waals surface area contributed by atoms with Crippen LogP contribution < -0.4 is 0 Å². The van der Waals surface area contributed by atoms with Crippen molar-refractivity contribution in [1.29, 1.82) is 0 Å². The first kappa shape index (κ1) is 12.9. The van der Waals surface area contributed by atoms with Gasteiger partial charge in [-0.3, -0.25) is 4.99 Å². The fraction of sp³-hybridized carbons (Fsp3) is 0.105. The van der Waals surface area contributed by atoms with Crippen LogP contribution in [0.2, 0.25) is 0 Å². The number of hydrogen-bond donors (Lipinski definition) is 0. The first-order valence-electron chi connectivity index (χ1n) is 7.36. The van der Waals surface area contributed by atoms with Gasteiger partial charge in [-0.15, -0.1) is 10.2 Å². The molecule has 2 aromatic carbocycles. The van der Waals surface area contributed by atoms with Crippen molar-refractivity contribution in [2.45, 2.75) is 13.3 Å². The Bertz CT molecular complexity index is 850. The van der Waals surface area contributed by atoms with E-state index in [0.29, 0.717) is 0 Å². The van der Waals surface area contributed by atoms with Gasteiger partial charge in [0, 0.05) is 12.0 Å². The predicted octanol–water partition coefficient (Wildman–Crippen LogP) is 4.13. The molecule has 0 aliphatic carbocycles. The van der Waals surface area contributed by atoms with Crippen LogP contribution in [0.5, 0.6) is 0 Å². The number of aromatic nitrogens is 2. The Balaban J connectivity index is 1.63. The highest BCUT2D eigenvalue weighted by Gasteiger charge is 2.17. The Labute approximate surface area is 129 Å². The molecule has 0 saturated carbocycles. The molecule has 0 bridgehead atoms. The Morgan fingerprint density at radius 2 is 1.59 bits per heavy atom. The molecule has 0 amide bonds. The number of rotatable bonds is 2. The van der Waals surface area contributed by atoms with Crippen LogP contribution in [0.1, 0.15) is 16.8 Å².